The van der Waals surface area contributed by atoms with Gasteiger partial charge < -0.3 is 5.73 Å². The van der Waals surface area contributed by atoms with E-state index in [1.54, 1.807) is 6.07 Å². The predicted molar refractivity (Wildman–Crippen MR) is 64.6 cm³/mol. The molecule has 0 radical (unpaired) electrons. The number of rotatable bonds is 1. The molecule has 0 aliphatic heterocycles. The van der Waals surface area contributed by atoms with Crippen molar-refractivity contribution < 1.29 is 4.39 Å². The van der Waals surface area contributed by atoms with Crippen LogP contribution in [0, 0.1) is 18.2 Å². The Bertz CT molecular complexity index is 411. The summed E-state index contributed by atoms with van der Waals surface area (Å²) >= 11 is 0. The van der Waals surface area contributed by atoms with E-state index < -0.39 is 0 Å². The maximum atomic E-state index is 13.4. The van der Waals surface area contributed by atoms with Crippen LogP contribution in [0.25, 0.3) is 0 Å². The van der Waals surface area contributed by atoms with Gasteiger partial charge in [-0.2, -0.15) is 0 Å². The highest BCUT2D eigenvalue weighted by molar-refractivity contribution is 5.36. The molecule has 0 spiro atoms. The Labute approximate surface area is 96.9 Å². The van der Waals surface area contributed by atoms with Crippen molar-refractivity contribution >= 4 is 0 Å². The summed E-state index contributed by atoms with van der Waals surface area (Å²) < 4.78 is 13.4. The first kappa shape index (κ1) is 11.6. The Morgan fingerprint density at radius 3 is 2.50 bits per heavy atom. The minimum Gasteiger partial charge on any atom is -0.321 e. The van der Waals surface area contributed by atoms with Crippen molar-refractivity contribution in [3.63, 3.8) is 0 Å². The molecule has 0 aromatic heterocycles. The summed E-state index contributed by atoms with van der Waals surface area (Å²) in [5.41, 5.74) is 8.31. The van der Waals surface area contributed by atoms with Gasteiger partial charge >= 0.3 is 0 Å². The molecule has 1 atom stereocenters. The standard InChI is InChI=1S/C14H20FN/c1-10-5-6-11(15)9-12(10)14(16)8-4-7-13(14,2)3/h5-6,9H,4,7-8,16H2,1-3H3. The molecule has 0 saturated heterocycles. The fourth-order valence-corrected chi connectivity index (χ4v) is 2.94. The molecule has 88 valence electrons. The maximum Gasteiger partial charge on any atom is 0.123 e. The SMILES string of the molecule is Cc1ccc(F)cc1C1(N)CCCC1(C)C. The molecular formula is C14H20FN. The van der Waals surface area contributed by atoms with E-state index in [0.717, 1.165) is 30.4 Å². The lowest BCUT2D eigenvalue weighted by Crippen LogP contribution is -2.46. The van der Waals surface area contributed by atoms with E-state index in [2.05, 4.69) is 13.8 Å². The van der Waals surface area contributed by atoms with Gasteiger partial charge in [-0.05, 0) is 48.4 Å². The van der Waals surface area contributed by atoms with Crippen LogP contribution in [0.4, 0.5) is 4.39 Å². The maximum absolute atomic E-state index is 13.4. The molecule has 0 heterocycles. The Hall–Kier alpha value is -0.890. The lowest BCUT2D eigenvalue weighted by atomic mass is 9.70. The van der Waals surface area contributed by atoms with Crippen molar-refractivity contribution in [2.75, 3.05) is 0 Å². The van der Waals surface area contributed by atoms with Gasteiger partial charge in [-0.15, -0.1) is 0 Å². The third-order valence-electron chi connectivity index (χ3n) is 4.26. The number of hydrogen-bond acceptors (Lipinski definition) is 1. The summed E-state index contributed by atoms with van der Waals surface area (Å²) in [6, 6.07) is 4.94. The molecule has 1 unspecified atom stereocenters. The van der Waals surface area contributed by atoms with Crippen LogP contribution in [0.1, 0.15) is 44.2 Å². The van der Waals surface area contributed by atoms with Crippen LogP contribution in [0.2, 0.25) is 0 Å². The minimum atomic E-state index is -0.376. The molecule has 16 heavy (non-hydrogen) atoms. The molecule has 1 fully saturated rings. The number of hydrogen-bond donors (Lipinski definition) is 1. The number of aryl methyl sites for hydroxylation is 1. The van der Waals surface area contributed by atoms with Crippen molar-refractivity contribution in [2.24, 2.45) is 11.1 Å². The number of halogens is 1. The predicted octanol–water partition coefficient (Wildman–Crippen LogP) is 3.50. The monoisotopic (exact) mass is 221 g/mol. The van der Waals surface area contributed by atoms with Gasteiger partial charge in [-0.1, -0.05) is 26.3 Å². The first-order chi connectivity index (χ1) is 7.37. The van der Waals surface area contributed by atoms with Crippen molar-refractivity contribution in [2.45, 2.75) is 45.6 Å². The van der Waals surface area contributed by atoms with Crippen LogP contribution in [-0.2, 0) is 5.54 Å². The van der Waals surface area contributed by atoms with Crippen molar-refractivity contribution in [3.8, 4) is 0 Å². The molecule has 1 aromatic carbocycles. The molecule has 1 aliphatic carbocycles. The Balaban J connectivity index is 2.55. The Morgan fingerprint density at radius 2 is 1.94 bits per heavy atom. The summed E-state index contributed by atoms with van der Waals surface area (Å²) in [5, 5.41) is 0. The minimum absolute atomic E-state index is 0.0472. The molecule has 2 N–H and O–H groups in total. The summed E-state index contributed by atoms with van der Waals surface area (Å²) in [6.07, 6.45) is 3.18. The van der Waals surface area contributed by atoms with Gasteiger partial charge in [0, 0.05) is 5.54 Å². The van der Waals surface area contributed by atoms with Crippen molar-refractivity contribution in [3.05, 3.63) is 35.1 Å². The van der Waals surface area contributed by atoms with Gasteiger partial charge in [0.2, 0.25) is 0 Å². The van der Waals surface area contributed by atoms with E-state index in [-0.39, 0.29) is 16.8 Å². The average Bonchev–Trinajstić information content (AvgIpc) is 2.46. The normalized spacial score (nSPS) is 28.3. The largest absolute Gasteiger partial charge is 0.321 e. The first-order valence-electron chi connectivity index (χ1n) is 5.92. The first-order valence-corrected chi connectivity index (χ1v) is 5.92. The molecule has 1 aliphatic rings. The van der Waals surface area contributed by atoms with Gasteiger partial charge in [-0.3, -0.25) is 0 Å². The smallest absolute Gasteiger partial charge is 0.123 e. The third kappa shape index (κ3) is 1.56. The summed E-state index contributed by atoms with van der Waals surface area (Å²) in [7, 11) is 0. The molecule has 2 heteroatoms. The summed E-state index contributed by atoms with van der Waals surface area (Å²) in [5.74, 6) is -0.187. The molecule has 1 saturated carbocycles. The zero-order valence-corrected chi connectivity index (χ0v) is 10.3. The fourth-order valence-electron chi connectivity index (χ4n) is 2.94. The van der Waals surface area contributed by atoms with Crippen LogP contribution in [0.3, 0.4) is 0 Å². The van der Waals surface area contributed by atoms with Gasteiger partial charge in [0.15, 0.2) is 0 Å². The van der Waals surface area contributed by atoms with Crippen LogP contribution < -0.4 is 5.73 Å². The number of benzene rings is 1. The summed E-state index contributed by atoms with van der Waals surface area (Å²) in [4.78, 5) is 0. The second kappa shape index (κ2) is 3.56. The van der Waals surface area contributed by atoms with E-state index in [0.29, 0.717) is 0 Å². The van der Waals surface area contributed by atoms with Gasteiger partial charge in [-0.25, -0.2) is 4.39 Å². The quantitative estimate of drug-likeness (QED) is 0.771. The van der Waals surface area contributed by atoms with E-state index in [9.17, 15) is 4.39 Å². The zero-order chi connectivity index (χ0) is 12.0. The Morgan fingerprint density at radius 1 is 1.25 bits per heavy atom. The molecule has 0 amide bonds. The second-order valence-corrected chi connectivity index (χ2v) is 5.67. The molecular weight excluding hydrogens is 201 g/mol. The highest BCUT2D eigenvalue weighted by Crippen LogP contribution is 2.51. The highest BCUT2D eigenvalue weighted by Gasteiger charge is 2.47. The zero-order valence-electron chi connectivity index (χ0n) is 10.3. The summed E-state index contributed by atoms with van der Waals surface area (Å²) in [6.45, 7) is 6.38. The molecule has 2 rings (SSSR count). The van der Waals surface area contributed by atoms with Crippen molar-refractivity contribution in [1.29, 1.82) is 0 Å². The lowest BCUT2D eigenvalue weighted by Gasteiger charge is -2.39. The van der Waals surface area contributed by atoms with Gasteiger partial charge in [0.1, 0.15) is 5.82 Å². The molecule has 0 bridgehead atoms. The lowest BCUT2D eigenvalue weighted by molar-refractivity contribution is 0.209. The van der Waals surface area contributed by atoms with Crippen LogP contribution in [-0.4, -0.2) is 0 Å². The van der Waals surface area contributed by atoms with Crippen molar-refractivity contribution in [1.82, 2.24) is 0 Å². The topological polar surface area (TPSA) is 26.0 Å². The van der Waals surface area contributed by atoms with Crippen LogP contribution >= 0.6 is 0 Å². The van der Waals surface area contributed by atoms with E-state index in [1.807, 2.05) is 13.0 Å². The average molecular weight is 221 g/mol. The fraction of sp³-hybridized carbons (Fsp3) is 0.571. The highest BCUT2D eigenvalue weighted by atomic mass is 19.1. The van der Waals surface area contributed by atoms with E-state index in [4.69, 9.17) is 5.73 Å². The van der Waals surface area contributed by atoms with E-state index >= 15 is 0 Å². The second-order valence-electron chi connectivity index (χ2n) is 5.67. The van der Waals surface area contributed by atoms with E-state index in [1.165, 1.54) is 6.07 Å². The van der Waals surface area contributed by atoms with Gasteiger partial charge in [0.05, 0.1) is 0 Å². The van der Waals surface area contributed by atoms with Gasteiger partial charge in [0.25, 0.3) is 0 Å². The molecule has 1 aromatic rings. The van der Waals surface area contributed by atoms with Crippen LogP contribution in [0.15, 0.2) is 18.2 Å². The third-order valence-corrected chi connectivity index (χ3v) is 4.26. The molecule has 1 nitrogen and oxygen atoms in total. The number of nitrogens with two attached hydrogens (primary N) is 1. The Kier molecular flexibility index (Phi) is 2.58. The van der Waals surface area contributed by atoms with Crippen LogP contribution in [0.5, 0.6) is 0 Å².